The molecule has 0 spiro atoms. The highest BCUT2D eigenvalue weighted by Crippen LogP contribution is 2.32. The lowest BCUT2D eigenvalue weighted by molar-refractivity contribution is 0.171. The molecule has 6 rings (SSSR count). The first kappa shape index (κ1) is 19.3. The van der Waals surface area contributed by atoms with E-state index < -0.39 is 0 Å². The molecule has 3 aromatic heterocycles. The van der Waals surface area contributed by atoms with Crippen LogP contribution in [0.1, 0.15) is 5.69 Å². The highest BCUT2D eigenvalue weighted by atomic mass is 16.6. The number of methoxy groups -OCH3 is 1. The van der Waals surface area contributed by atoms with Crippen molar-refractivity contribution in [2.75, 3.05) is 20.3 Å². The van der Waals surface area contributed by atoms with Gasteiger partial charge in [-0.25, -0.2) is 4.52 Å². The smallest absolute Gasteiger partial charge is 0.285 e. The molecule has 33 heavy (non-hydrogen) atoms. The van der Waals surface area contributed by atoms with Gasteiger partial charge in [0.2, 0.25) is 0 Å². The number of nitrogens with zero attached hydrogens (tertiary/aromatic N) is 5. The first-order chi connectivity index (χ1) is 16.1. The molecule has 0 saturated heterocycles. The third-order valence-electron chi connectivity index (χ3n) is 5.74. The monoisotopic (exact) mass is 441 g/mol. The van der Waals surface area contributed by atoms with E-state index in [2.05, 4.69) is 15.3 Å². The molecule has 164 valence electrons. The van der Waals surface area contributed by atoms with Gasteiger partial charge >= 0.3 is 0 Å². The highest BCUT2D eigenvalue weighted by Gasteiger charge is 2.19. The maximum absolute atomic E-state index is 13.3. The van der Waals surface area contributed by atoms with Gasteiger partial charge in [-0.3, -0.25) is 9.36 Å². The van der Waals surface area contributed by atoms with Crippen molar-refractivity contribution in [2.45, 2.75) is 6.92 Å². The van der Waals surface area contributed by atoms with Crippen molar-refractivity contribution in [3.63, 3.8) is 0 Å². The predicted molar refractivity (Wildman–Crippen MR) is 122 cm³/mol. The van der Waals surface area contributed by atoms with Crippen molar-refractivity contribution in [2.24, 2.45) is 0 Å². The van der Waals surface area contributed by atoms with Crippen molar-refractivity contribution < 1.29 is 14.2 Å². The number of hydrogen-bond acceptors (Lipinski definition) is 7. The fourth-order valence-electron chi connectivity index (χ4n) is 4.13. The summed E-state index contributed by atoms with van der Waals surface area (Å²) in [6.45, 7) is 2.90. The van der Waals surface area contributed by atoms with Crippen LogP contribution in [0.15, 0.2) is 59.5 Å². The molecule has 0 atom stereocenters. The quantitative estimate of drug-likeness (QED) is 0.425. The zero-order valence-electron chi connectivity index (χ0n) is 18.0. The fraction of sp³-hybridized carbons (Fsp3) is 0.167. The molecule has 0 amide bonds. The topological polar surface area (TPSA) is 92.8 Å². The van der Waals surface area contributed by atoms with Crippen LogP contribution >= 0.6 is 0 Å². The Kier molecular flexibility index (Phi) is 4.29. The molecule has 1 aliphatic heterocycles. The van der Waals surface area contributed by atoms with E-state index in [0.717, 1.165) is 22.6 Å². The minimum atomic E-state index is -0.294. The molecule has 9 nitrogen and oxygen atoms in total. The SMILES string of the molecule is COc1ccc(-c2c(C)nn3c2nnc2c(=O)n(-c4ccc5c(c4)OCCO5)ccc23)cc1. The first-order valence-electron chi connectivity index (χ1n) is 10.5. The van der Waals surface area contributed by atoms with Crippen LogP contribution in [0.4, 0.5) is 0 Å². The molecule has 0 bridgehead atoms. The van der Waals surface area contributed by atoms with Crippen molar-refractivity contribution in [1.29, 1.82) is 0 Å². The summed E-state index contributed by atoms with van der Waals surface area (Å²) in [4.78, 5) is 13.3. The van der Waals surface area contributed by atoms with Gasteiger partial charge in [-0.1, -0.05) is 12.1 Å². The molecule has 0 aliphatic carbocycles. The Labute approximate surface area is 187 Å². The number of ether oxygens (including phenoxy) is 3. The third-order valence-corrected chi connectivity index (χ3v) is 5.74. The number of aryl methyl sites for hydroxylation is 1. The largest absolute Gasteiger partial charge is 0.497 e. The highest BCUT2D eigenvalue weighted by molar-refractivity contribution is 5.84. The molecular weight excluding hydrogens is 422 g/mol. The molecule has 0 fully saturated rings. The summed E-state index contributed by atoms with van der Waals surface area (Å²) in [7, 11) is 1.63. The van der Waals surface area contributed by atoms with E-state index in [0.29, 0.717) is 41.6 Å². The molecule has 0 radical (unpaired) electrons. The standard InChI is InChI=1S/C24H19N5O4/c1-14-21(15-3-6-17(31-2)7-4-15)23-26-25-22-18(29(23)27-14)9-10-28(24(22)30)16-5-8-19-20(13-16)33-12-11-32-19/h3-10,13H,11-12H2,1-2H3. The second kappa shape index (κ2) is 7.33. The van der Waals surface area contributed by atoms with Crippen LogP contribution in [0.2, 0.25) is 0 Å². The number of benzene rings is 2. The number of pyridine rings is 1. The van der Waals surface area contributed by atoms with Gasteiger partial charge in [-0.2, -0.15) is 5.10 Å². The summed E-state index contributed by atoms with van der Waals surface area (Å²) >= 11 is 0. The molecule has 4 heterocycles. The molecule has 2 aromatic carbocycles. The van der Waals surface area contributed by atoms with Gasteiger partial charge in [0.25, 0.3) is 5.56 Å². The maximum Gasteiger partial charge on any atom is 0.285 e. The zero-order chi connectivity index (χ0) is 22.5. The lowest BCUT2D eigenvalue weighted by Gasteiger charge is -2.19. The van der Waals surface area contributed by atoms with Gasteiger partial charge in [0.05, 0.1) is 24.1 Å². The summed E-state index contributed by atoms with van der Waals surface area (Å²) < 4.78 is 19.7. The van der Waals surface area contributed by atoms with Gasteiger partial charge in [-0.05, 0) is 42.8 Å². The van der Waals surface area contributed by atoms with E-state index in [4.69, 9.17) is 14.2 Å². The second-order valence-corrected chi connectivity index (χ2v) is 7.68. The van der Waals surface area contributed by atoms with Gasteiger partial charge in [0, 0.05) is 12.3 Å². The van der Waals surface area contributed by atoms with Crippen LogP contribution < -0.4 is 19.8 Å². The number of fused-ring (bicyclic) bond motifs is 4. The van der Waals surface area contributed by atoms with Crippen LogP contribution in [-0.2, 0) is 0 Å². The average molecular weight is 441 g/mol. The van der Waals surface area contributed by atoms with E-state index in [9.17, 15) is 4.79 Å². The predicted octanol–water partition coefficient (Wildman–Crippen LogP) is 3.18. The molecule has 9 heteroatoms. The van der Waals surface area contributed by atoms with Crippen LogP contribution in [0.5, 0.6) is 17.2 Å². The Morgan fingerprint density at radius 3 is 2.55 bits per heavy atom. The van der Waals surface area contributed by atoms with Crippen LogP contribution in [0, 0.1) is 6.92 Å². The fourth-order valence-corrected chi connectivity index (χ4v) is 4.13. The van der Waals surface area contributed by atoms with Gasteiger partial charge in [0.1, 0.15) is 24.5 Å². The lowest BCUT2D eigenvalue weighted by Crippen LogP contribution is -2.21. The van der Waals surface area contributed by atoms with Crippen molar-refractivity contribution in [3.8, 4) is 34.1 Å². The zero-order valence-corrected chi connectivity index (χ0v) is 18.0. The molecule has 0 saturated carbocycles. The first-order valence-corrected chi connectivity index (χ1v) is 10.5. The van der Waals surface area contributed by atoms with E-state index in [1.807, 2.05) is 43.3 Å². The normalized spacial score (nSPS) is 12.9. The minimum absolute atomic E-state index is 0.226. The molecule has 0 N–H and O–H groups in total. The van der Waals surface area contributed by atoms with E-state index in [-0.39, 0.29) is 11.1 Å². The van der Waals surface area contributed by atoms with E-state index in [1.165, 1.54) is 4.57 Å². The van der Waals surface area contributed by atoms with Crippen molar-refractivity contribution in [3.05, 3.63) is 70.8 Å². The Balaban J connectivity index is 1.50. The summed E-state index contributed by atoms with van der Waals surface area (Å²) in [5.41, 5.74) is 4.36. The van der Waals surface area contributed by atoms with Gasteiger partial charge in [-0.15, -0.1) is 10.2 Å². The molecule has 1 aliphatic rings. The minimum Gasteiger partial charge on any atom is -0.497 e. The summed E-state index contributed by atoms with van der Waals surface area (Å²) in [5, 5.41) is 13.3. The summed E-state index contributed by atoms with van der Waals surface area (Å²) in [5.74, 6) is 2.04. The Morgan fingerprint density at radius 1 is 0.970 bits per heavy atom. The number of hydrogen-bond donors (Lipinski definition) is 0. The van der Waals surface area contributed by atoms with E-state index >= 15 is 0 Å². The van der Waals surface area contributed by atoms with Gasteiger partial charge in [0.15, 0.2) is 22.7 Å². The summed E-state index contributed by atoms with van der Waals surface area (Å²) in [6.07, 6.45) is 1.71. The Hall–Kier alpha value is -4.40. The van der Waals surface area contributed by atoms with Crippen LogP contribution in [-0.4, -0.2) is 44.7 Å². The molecular formula is C24H19N5O4. The summed E-state index contributed by atoms with van der Waals surface area (Å²) in [6, 6.07) is 14.9. The van der Waals surface area contributed by atoms with Crippen molar-refractivity contribution >= 4 is 16.7 Å². The van der Waals surface area contributed by atoms with Crippen molar-refractivity contribution in [1.82, 2.24) is 24.4 Å². The maximum atomic E-state index is 13.3. The molecule has 0 unspecified atom stereocenters. The van der Waals surface area contributed by atoms with Crippen LogP contribution in [0.25, 0.3) is 33.5 Å². The lowest BCUT2D eigenvalue weighted by atomic mass is 10.1. The number of rotatable bonds is 3. The van der Waals surface area contributed by atoms with Crippen LogP contribution in [0.3, 0.4) is 0 Å². The van der Waals surface area contributed by atoms with Gasteiger partial charge < -0.3 is 14.2 Å². The Morgan fingerprint density at radius 2 is 1.76 bits per heavy atom. The number of aromatic nitrogens is 5. The third kappa shape index (κ3) is 3.00. The average Bonchev–Trinajstić information content (AvgIpc) is 3.20. The Bertz CT molecular complexity index is 1590. The molecule has 5 aromatic rings. The van der Waals surface area contributed by atoms with E-state index in [1.54, 1.807) is 30.0 Å². The second-order valence-electron chi connectivity index (χ2n) is 7.68.